The Balaban J connectivity index is 2.66. The van der Waals surface area contributed by atoms with E-state index in [0.717, 1.165) is 0 Å². The maximum atomic E-state index is 11.8. The second kappa shape index (κ2) is 4.57. The highest BCUT2D eigenvalue weighted by atomic mass is 32.2. The summed E-state index contributed by atoms with van der Waals surface area (Å²) in [7, 11) is -2.26. The van der Waals surface area contributed by atoms with E-state index < -0.39 is 15.8 Å². The lowest BCUT2D eigenvalue weighted by Gasteiger charge is -2.15. The van der Waals surface area contributed by atoms with Gasteiger partial charge in [0.15, 0.2) is 0 Å². The second-order valence-corrected chi connectivity index (χ2v) is 5.40. The molecule has 1 fully saturated rings. The maximum Gasteiger partial charge on any atom is 0.349 e. The normalized spacial score (nSPS) is 20.7. The van der Waals surface area contributed by atoms with Crippen LogP contribution in [0.1, 0.15) is 6.92 Å². The summed E-state index contributed by atoms with van der Waals surface area (Å²) in [6.07, 6.45) is 0. The Morgan fingerprint density at radius 2 is 2.15 bits per heavy atom. The molecule has 13 heavy (non-hydrogen) atoms. The molecular weight excluding hydrogens is 190 g/mol. The molecule has 0 aromatic carbocycles. The van der Waals surface area contributed by atoms with Gasteiger partial charge in [0.1, 0.15) is 0 Å². The zero-order chi connectivity index (χ0) is 9.73. The van der Waals surface area contributed by atoms with Crippen LogP contribution in [0.4, 0.5) is 4.79 Å². The van der Waals surface area contributed by atoms with Crippen molar-refractivity contribution in [3.05, 3.63) is 0 Å². The number of carbonyl (C=O) groups is 1. The molecule has 2 N–H and O–H groups in total. The van der Waals surface area contributed by atoms with Gasteiger partial charge in [-0.25, -0.2) is 9.00 Å². The standard InChI is InChI=1S/C7H15N3O2S/c1-2-9-7(11)10-13(12)5-3-8-4-6-13/h8H,2-6H2,1H3,(H,9,11). The monoisotopic (exact) mass is 205 g/mol. The van der Waals surface area contributed by atoms with Gasteiger partial charge in [-0.2, -0.15) is 0 Å². The van der Waals surface area contributed by atoms with Crippen molar-refractivity contribution >= 4 is 15.8 Å². The molecule has 1 rings (SSSR count). The molecule has 1 aliphatic heterocycles. The van der Waals surface area contributed by atoms with E-state index in [-0.39, 0.29) is 0 Å². The van der Waals surface area contributed by atoms with Gasteiger partial charge in [-0.05, 0) is 6.92 Å². The van der Waals surface area contributed by atoms with Crippen LogP contribution in [-0.2, 0) is 9.73 Å². The first-order valence-electron chi connectivity index (χ1n) is 4.37. The molecule has 0 radical (unpaired) electrons. The van der Waals surface area contributed by atoms with Crippen LogP contribution in [-0.4, -0.2) is 41.4 Å². The van der Waals surface area contributed by atoms with Crippen LogP contribution in [0, 0.1) is 0 Å². The number of rotatable bonds is 1. The van der Waals surface area contributed by atoms with Crippen LogP contribution in [0.25, 0.3) is 0 Å². The van der Waals surface area contributed by atoms with Gasteiger partial charge in [-0.1, -0.05) is 0 Å². The number of nitrogens with one attached hydrogen (secondary N) is 2. The third-order valence-corrected chi connectivity index (χ3v) is 3.96. The SMILES string of the molecule is CCNC(=O)N=S1(=O)CCNCC1. The molecule has 5 nitrogen and oxygen atoms in total. The predicted molar refractivity (Wildman–Crippen MR) is 52.2 cm³/mol. The lowest BCUT2D eigenvalue weighted by molar-refractivity contribution is 0.250. The Hall–Kier alpha value is -0.620. The topological polar surface area (TPSA) is 70.6 Å². The largest absolute Gasteiger partial charge is 0.349 e. The molecule has 0 aliphatic carbocycles. The Kier molecular flexibility index (Phi) is 3.68. The highest BCUT2D eigenvalue weighted by Crippen LogP contribution is 2.00. The minimum absolute atomic E-state index is 0.450. The Labute approximate surface area is 78.5 Å². The van der Waals surface area contributed by atoms with Crippen LogP contribution >= 0.6 is 0 Å². The van der Waals surface area contributed by atoms with Crippen molar-refractivity contribution in [1.82, 2.24) is 10.6 Å². The van der Waals surface area contributed by atoms with Crippen molar-refractivity contribution in [3.8, 4) is 0 Å². The Morgan fingerprint density at radius 3 is 2.69 bits per heavy atom. The highest BCUT2D eigenvalue weighted by Gasteiger charge is 2.15. The van der Waals surface area contributed by atoms with E-state index in [1.54, 1.807) is 0 Å². The first-order chi connectivity index (χ1) is 6.16. The predicted octanol–water partition coefficient (Wildman–Crippen LogP) is -0.213. The van der Waals surface area contributed by atoms with Crippen LogP contribution in [0.2, 0.25) is 0 Å². The lowest BCUT2D eigenvalue weighted by atomic mass is 10.6. The number of amides is 2. The third kappa shape index (κ3) is 3.31. The Bertz CT molecular complexity index is 282. The minimum Gasteiger partial charge on any atom is -0.336 e. The van der Waals surface area contributed by atoms with Crippen molar-refractivity contribution in [2.45, 2.75) is 6.92 Å². The molecule has 6 heteroatoms. The van der Waals surface area contributed by atoms with E-state index in [1.165, 1.54) is 0 Å². The number of nitrogens with zero attached hydrogens (tertiary/aromatic N) is 1. The summed E-state index contributed by atoms with van der Waals surface area (Å²) < 4.78 is 15.5. The van der Waals surface area contributed by atoms with Gasteiger partial charge >= 0.3 is 6.03 Å². The molecule has 0 unspecified atom stereocenters. The van der Waals surface area contributed by atoms with E-state index in [2.05, 4.69) is 15.0 Å². The molecular formula is C7H15N3O2S. The van der Waals surface area contributed by atoms with E-state index >= 15 is 0 Å². The summed E-state index contributed by atoms with van der Waals surface area (Å²) in [5.74, 6) is 0.953. The van der Waals surface area contributed by atoms with Gasteiger partial charge in [0.2, 0.25) is 0 Å². The summed E-state index contributed by atoms with van der Waals surface area (Å²) in [5, 5.41) is 5.59. The van der Waals surface area contributed by atoms with Crippen molar-refractivity contribution in [3.63, 3.8) is 0 Å². The third-order valence-electron chi connectivity index (χ3n) is 1.77. The number of hydrogen-bond acceptors (Lipinski definition) is 3. The first kappa shape index (κ1) is 10.5. The smallest absolute Gasteiger partial charge is 0.336 e. The fourth-order valence-corrected chi connectivity index (χ4v) is 2.80. The highest BCUT2D eigenvalue weighted by molar-refractivity contribution is 7.94. The fourth-order valence-electron chi connectivity index (χ4n) is 1.12. The Morgan fingerprint density at radius 1 is 1.54 bits per heavy atom. The molecule has 1 saturated heterocycles. The average molecular weight is 205 g/mol. The minimum atomic E-state index is -2.26. The van der Waals surface area contributed by atoms with Gasteiger partial charge in [0.25, 0.3) is 0 Å². The summed E-state index contributed by atoms with van der Waals surface area (Å²) in [6.45, 7) is 3.70. The number of carbonyl (C=O) groups excluding carboxylic acids is 1. The van der Waals surface area contributed by atoms with Gasteiger partial charge in [0.05, 0.1) is 9.73 Å². The fraction of sp³-hybridized carbons (Fsp3) is 0.857. The summed E-state index contributed by atoms with van der Waals surface area (Å²) in [6, 6.07) is -0.450. The zero-order valence-electron chi connectivity index (χ0n) is 7.71. The summed E-state index contributed by atoms with van der Waals surface area (Å²) in [5.41, 5.74) is 0. The molecule has 0 aromatic heterocycles. The van der Waals surface area contributed by atoms with Crippen molar-refractivity contribution in [2.75, 3.05) is 31.1 Å². The molecule has 0 atom stereocenters. The van der Waals surface area contributed by atoms with E-state index in [1.807, 2.05) is 6.92 Å². The zero-order valence-corrected chi connectivity index (χ0v) is 8.52. The summed E-state index contributed by atoms with van der Waals surface area (Å²) >= 11 is 0. The van der Waals surface area contributed by atoms with Gasteiger partial charge in [-0.15, -0.1) is 4.36 Å². The van der Waals surface area contributed by atoms with Crippen LogP contribution < -0.4 is 10.6 Å². The van der Waals surface area contributed by atoms with Crippen LogP contribution in [0.15, 0.2) is 4.36 Å². The molecule has 2 amide bonds. The van der Waals surface area contributed by atoms with E-state index in [4.69, 9.17) is 0 Å². The van der Waals surface area contributed by atoms with Crippen molar-refractivity contribution in [2.24, 2.45) is 4.36 Å². The average Bonchev–Trinajstić information content (AvgIpc) is 2.04. The second-order valence-electron chi connectivity index (χ2n) is 2.86. The molecule has 76 valence electrons. The summed E-state index contributed by atoms with van der Waals surface area (Å²) in [4.78, 5) is 11.0. The molecule has 0 saturated carbocycles. The van der Waals surface area contributed by atoms with Crippen molar-refractivity contribution in [1.29, 1.82) is 0 Å². The van der Waals surface area contributed by atoms with Crippen molar-refractivity contribution < 1.29 is 9.00 Å². The first-order valence-corrected chi connectivity index (χ1v) is 6.23. The molecule has 0 aromatic rings. The van der Waals surface area contributed by atoms with Crippen LogP contribution in [0.3, 0.4) is 0 Å². The van der Waals surface area contributed by atoms with E-state index in [9.17, 15) is 9.00 Å². The number of hydrogen-bond donors (Lipinski definition) is 2. The molecule has 1 heterocycles. The molecule has 1 aliphatic rings. The van der Waals surface area contributed by atoms with Gasteiger partial charge < -0.3 is 10.6 Å². The van der Waals surface area contributed by atoms with Gasteiger partial charge in [-0.3, -0.25) is 0 Å². The quantitative estimate of drug-likeness (QED) is 0.622. The molecule has 0 bridgehead atoms. The maximum absolute atomic E-state index is 11.8. The lowest BCUT2D eigenvalue weighted by Crippen LogP contribution is -2.36. The van der Waals surface area contributed by atoms with Gasteiger partial charge in [0, 0.05) is 31.1 Å². The van der Waals surface area contributed by atoms with Crippen LogP contribution in [0.5, 0.6) is 0 Å². The number of urea groups is 1. The molecule has 0 spiro atoms. The van der Waals surface area contributed by atoms with E-state index in [0.29, 0.717) is 31.1 Å².